The minimum absolute atomic E-state index is 0. The van der Waals surface area contributed by atoms with Gasteiger partial charge in [-0.2, -0.15) is 0 Å². The smallest absolute Gasteiger partial charge is 0.414 e. The number of carbonyl (C=O) groups is 3. The van der Waals surface area contributed by atoms with E-state index in [1.54, 1.807) is 29.8 Å². The number of carboxylic acid groups (broad SMARTS) is 3. The Morgan fingerprint density at radius 2 is 1.62 bits per heavy atom. The summed E-state index contributed by atoms with van der Waals surface area (Å²) < 4.78 is 1.79. The van der Waals surface area contributed by atoms with Gasteiger partial charge in [-0.1, -0.05) is 6.07 Å². The zero-order valence-electron chi connectivity index (χ0n) is 13.8. The molecule has 2 rings (SSSR count). The fourth-order valence-electron chi connectivity index (χ4n) is 1.95. The van der Waals surface area contributed by atoms with Crippen LogP contribution in [0, 0.1) is 0 Å². The van der Waals surface area contributed by atoms with Crippen molar-refractivity contribution < 1.29 is 40.3 Å². The van der Waals surface area contributed by atoms with E-state index in [4.69, 9.17) is 24.9 Å². The van der Waals surface area contributed by atoms with E-state index in [0.717, 1.165) is 5.56 Å². The maximum atomic E-state index is 11.0. The summed E-state index contributed by atoms with van der Waals surface area (Å²) in [5.74, 6) is -4.38. The van der Waals surface area contributed by atoms with Gasteiger partial charge in [0.15, 0.2) is 0 Å². The zero-order chi connectivity index (χ0) is 19.0. The second-order valence-corrected chi connectivity index (χ2v) is 4.91. The number of nitrogens with one attached hydrogen (secondary N) is 1. The summed E-state index contributed by atoms with van der Waals surface area (Å²) >= 11 is 0. The molecule has 0 aliphatic heterocycles. The Morgan fingerprint density at radius 1 is 1.08 bits per heavy atom. The average molecular weight is 368 g/mol. The maximum Gasteiger partial charge on any atom is 0.414 e. The number of aliphatic carboxylic acids is 3. The molecule has 142 valence electrons. The first-order valence-electron chi connectivity index (χ1n) is 7.07. The number of carboxylic acids is 3. The summed E-state index contributed by atoms with van der Waals surface area (Å²) in [6.07, 6.45) is 4.01. The molecule has 0 aliphatic carbocycles. The lowest BCUT2D eigenvalue weighted by molar-refractivity contribution is -0.159. The summed E-state index contributed by atoms with van der Waals surface area (Å²) in [5, 5.41) is 36.4. The Balaban J connectivity index is 0.000000777. The maximum absolute atomic E-state index is 11.0. The highest BCUT2D eigenvalue weighted by Crippen LogP contribution is 2.23. The zero-order valence-corrected chi connectivity index (χ0v) is 13.8. The molecule has 1 unspecified atom stereocenters. The predicted molar refractivity (Wildman–Crippen MR) is 90.5 cm³/mol. The number of phenolic OH excluding ortho intramolecular Hbond substituents is 1. The SMILES string of the molecule is CNC(Cc1ccc(O)c(-n2cccc2)c1)C(=O)O.O.O=C(O)C(=O)O. The predicted octanol–water partition coefficient (Wildman–Crippen LogP) is -0.271. The molecule has 10 heteroatoms. The molecule has 2 aromatic rings. The normalized spacial score (nSPS) is 10.7. The molecule has 10 nitrogen and oxygen atoms in total. The summed E-state index contributed by atoms with van der Waals surface area (Å²) in [5.41, 5.74) is 1.49. The Hall–Kier alpha value is -3.37. The summed E-state index contributed by atoms with van der Waals surface area (Å²) in [4.78, 5) is 29.2. The first-order chi connectivity index (χ1) is 11.8. The third-order valence-electron chi connectivity index (χ3n) is 3.19. The first kappa shape index (κ1) is 22.6. The van der Waals surface area contributed by atoms with Crippen LogP contribution in [0.5, 0.6) is 5.75 Å². The summed E-state index contributed by atoms with van der Waals surface area (Å²) in [6, 6.07) is 8.19. The van der Waals surface area contributed by atoms with E-state index in [1.165, 1.54) is 0 Å². The number of nitrogens with zero attached hydrogens (tertiary/aromatic N) is 1. The van der Waals surface area contributed by atoms with E-state index < -0.39 is 23.9 Å². The van der Waals surface area contributed by atoms with Crippen molar-refractivity contribution in [2.45, 2.75) is 12.5 Å². The minimum Gasteiger partial charge on any atom is -0.506 e. The van der Waals surface area contributed by atoms with Gasteiger partial charge in [0, 0.05) is 12.4 Å². The number of hydrogen-bond acceptors (Lipinski definition) is 5. The van der Waals surface area contributed by atoms with Crippen LogP contribution in [-0.4, -0.2) is 61.5 Å². The van der Waals surface area contributed by atoms with Gasteiger partial charge in [-0.05, 0) is 43.3 Å². The van der Waals surface area contributed by atoms with Crippen molar-refractivity contribution in [3.8, 4) is 11.4 Å². The molecule has 1 atom stereocenters. The van der Waals surface area contributed by atoms with E-state index in [0.29, 0.717) is 12.1 Å². The molecule has 1 aromatic carbocycles. The number of phenols is 1. The molecule has 0 saturated heterocycles. The van der Waals surface area contributed by atoms with Crippen LogP contribution < -0.4 is 5.32 Å². The molecule has 1 aromatic heterocycles. The molecule has 7 N–H and O–H groups in total. The molecule has 0 bridgehead atoms. The van der Waals surface area contributed by atoms with Gasteiger partial charge in [-0.15, -0.1) is 0 Å². The third kappa shape index (κ3) is 6.63. The standard InChI is InChI=1S/C14H16N2O3.C2H2O4.H2O/c1-15-11(14(18)19)8-10-4-5-13(17)12(9-10)16-6-2-3-7-16;3-1(4)2(5)6;/h2-7,9,11,15,17H,8H2,1H3,(H,18,19);(H,3,4)(H,5,6);1H2. The quantitative estimate of drug-likeness (QED) is 0.447. The van der Waals surface area contributed by atoms with Crippen molar-refractivity contribution in [3.63, 3.8) is 0 Å². The molecule has 26 heavy (non-hydrogen) atoms. The fraction of sp³-hybridized carbons (Fsp3) is 0.188. The molecule has 1 heterocycles. The highest BCUT2D eigenvalue weighted by atomic mass is 16.4. The molecule has 0 aliphatic rings. The highest BCUT2D eigenvalue weighted by Gasteiger charge is 2.16. The molecular formula is C16H20N2O8. The molecule has 0 saturated carbocycles. The molecule has 0 radical (unpaired) electrons. The summed E-state index contributed by atoms with van der Waals surface area (Å²) in [6.45, 7) is 0. The second-order valence-electron chi connectivity index (χ2n) is 4.91. The van der Waals surface area contributed by atoms with Crippen molar-refractivity contribution in [1.82, 2.24) is 9.88 Å². The summed E-state index contributed by atoms with van der Waals surface area (Å²) in [7, 11) is 1.62. The van der Waals surface area contributed by atoms with E-state index in [2.05, 4.69) is 5.32 Å². The van der Waals surface area contributed by atoms with Gasteiger partial charge in [-0.25, -0.2) is 9.59 Å². The van der Waals surface area contributed by atoms with Crippen LogP contribution in [0.25, 0.3) is 5.69 Å². The molecule has 0 spiro atoms. The van der Waals surface area contributed by atoms with Crippen LogP contribution in [0.2, 0.25) is 0 Å². The van der Waals surface area contributed by atoms with Crippen molar-refractivity contribution in [2.75, 3.05) is 7.05 Å². The number of aromatic nitrogens is 1. The topological polar surface area (TPSA) is 181 Å². The van der Waals surface area contributed by atoms with Gasteiger partial charge in [0.05, 0.1) is 5.69 Å². The Bertz CT molecular complexity index is 731. The Kier molecular flexibility index (Phi) is 9.13. The lowest BCUT2D eigenvalue weighted by Gasteiger charge is -2.13. The average Bonchev–Trinajstić information content (AvgIpc) is 3.08. The van der Waals surface area contributed by atoms with E-state index in [9.17, 15) is 9.90 Å². The number of benzene rings is 1. The second kappa shape index (κ2) is 10.5. The van der Waals surface area contributed by atoms with Gasteiger partial charge in [-0.3, -0.25) is 4.79 Å². The highest BCUT2D eigenvalue weighted by molar-refractivity contribution is 6.27. The van der Waals surface area contributed by atoms with Crippen LogP contribution >= 0.6 is 0 Å². The Morgan fingerprint density at radius 3 is 2.04 bits per heavy atom. The molecule has 0 amide bonds. The van der Waals surface area contributed by atoms with Crippen LogP contribution in [0.15, 0.2) is 42.7 Å². The van der Waals surface area contributed by atoms with E-state index in [-0.39, 0.29) is 11.2 Å². The first-order valence-corrected chi connectivity index (χ1v) is 7.07. The van der Waals surface area contributed by atoms with Crippen molar-refractivity contribution in [1.29, 1.82) is 0 Å². The van der Waals surface area contributed by atoms with Crippen molar-refractivity contribution in [3.05, 3.63) is 48.3 Å². The van der Waals surface area contributed by atoms with Crippen molar-refractivity contribution >= 4 is 17.9 Å². The monoisotopic (exact) mass is 368 g/mol. The van der Waals surface area contributed by atoms with E-state index in [1.807, 2.05) is 24.5 Å². The fourth-order valence-corrected chi connectivity index (χ4v) is 1.95. The minimum atomic E-state index is -1.82. The molecule has 0 fully saturated rings. The van der Waals surface area contributed by atoms with Crippen LogP contribution in [0.1, 0.15) is 5.56 Å². The third-order valence-corrected chi connectivity index (χ3v) is 3.19. The van der Waals surface area contributed by atoms with Crippen LogP contribution in [-0.2, 0) is 20.8 Å². The number of aromatic hydroxyl groups is 1. The number of rotatable bonds is 5. The van der Waals surface area contributed by atoms with E-state index >= 15 is 0 Å². The van der Waals surface area contributed by atoms with Crippen LogP contribution in [0.3, 0.4) is 0 Å². The largest absolute Gasteiger partial charge is 0.506 e. The molecular weight excluding hydrogens is 348 g/mol. The lowest BCUT2D eigenvalue weighted by Crippen LogP contribution is -2.35. The van der Waals surface area contributed by atoms with Gasteiger partial charge in [0.2, 0.25) is 0 Å². The van der Waals surface area contributed by atoms with Gasteiger partial charge in [0.25, 0.3) is 0 Å². The van der Waals surface area contributed by atoms with Crippen LogP contribution in [0.4, 0.5) is 0 Å². The van der Waals surface area contributed by atoms with Crippen molar-refractivity contribution in [2.24, 2.45) is 0 Å². The number of likely N-dealkylation sites (N-methyl/N-ethyl adjacent to an activating group) is 1. The van der Waals surface area contributed by atoms with Gasteiger partial charge < -0.3 is 35.8 Å². The Labute approximate surface area is 148 Å². The van der Waals surface area contributed by atoms with Gasteiger partial charge >= 0.3 is 17.9 Å². The lowest BCUT2D eigenvalue weighted by atomic mass is 10.0. The van der Waals surface area contributed by atoms with Gasteiger partial charge in [0.1, 0.15) is 11.8 Å². The number of hydrogen-bond donors (Lipinski definition) is 5.